The minimum Gasteiger partial charge on any atom is -0.372 e. The van der Waals surface area contributed by atoms with Crippen LogP contribution >= 0.6 is 11.6 Å². The molecular weight excluding hydrogens is 525 g/mol. The standard InChI is InChI=1S/C33H33ClFN3O2/c34-27-11-8-23(9-12-27)5-2-1-4-22-6-3-7-28-29-17-25-20-40-21-26(25)18-31(29)38(30(28)13-10-22)33(39)37-19-24-14-15-36-32(35)16-24/h2,5,8-9,11-12,14-18,22H,1,3-4,6-7,10,13,19-21H2,(H,37,39)/b5-2+. The summed E-state index contributed by atoms with van der Waals surface area (Å²) in [5.41, 5.74) is 7.55. The van der Waals surface area contributed by atoms with Crippen molar-refractivity contribution >= 4 is 34.6 Å². The molecule has 0 spiro atoms. The van der Waals surface area contributed by atoms with Crippen LogP contribution in [0.2, 0.25) is 5.02 Å². The van der Waals surface area contributed by atoms with Crippen molar-refractivity contribution in [3.8, 4) is 0 Å². The maximum atomic E-state index is 13.7. The smallest absolute Gasteiger partial charge is 0.326 e. The highest BCUT2D eigenvalue weighted by molar-refractivity contribution is 6.30. The lowest BCUT2D eigenvalue weighted by Gasteiger charge is -2.21. The van der Waals surface area contributed by atoms with Crippen LogP contribution in [0.4, 0.5) is 9.18 Å². The Morgan fingerprint density at radius 1 is 1.10 bits per heavy atom. The zero-order valence-corrected chi connectivity index (χ0v) is 23.2. The molecule has 0 radical (unpaired) electrons. The third-order valence-electron chi connectivity index (χ3n) is 8.21. The largest absolute Gasteiger partial charge is 0.372 e. The molecule has 2 aromatic heterocycles. The second-order valence-electron chi connectivity index (χ2n) is 10.9. The number of pyridine rings is 1. The number of rotatable bonds is 6. The first kappa shape index (κ1) is 26.7. The van der Waals surface area contributed by atoms with Gasteiger partial charge in [0.1, 0.15) is 0 Å². The van der Waals surface area contributed by atoms with Gasteiger partial charge in [0.2, 0.25) is 5.95 Å². The van der Waals surface area contributed by atoms with Crippen molar-refractivity contribution in [2.24, 2.45) is 5.92 Å². The van der Waals surface area contributed by atoms with Gasteiger partial charge in [-0.15, -0.1) is 0 Å². The molecule has 1 amide bonds. The Kier molecular flexibility index (Phi) is 7.98. The Hall–Kier alpha value is -3.48. The number of benzene rings is 2. The Labute approximate surface area is 239 Å². The molecule has 1 atom stereocenters. The summed E-state index contributed by atoms with van der Waals surface area (Å²) < 4.78 is 21.2. The predicted octanol–water partition coefficient (Wildman–Crippen LogP) is 8.00. The van der Waals surface area contributed by atoms with E-state index in [1.54, 1.807) is 6.07 Å². The number of aromatic nitrogens is 2. The summed E-state index contributed by atoms with van der Waals surface area (Å²) in [6.45, 7) is 1.44. The van der Waals surface area contributed by atoms with E-state index in [1.807, 2.05) is 28.8 Å². The average molecular weight is 558 g/mol. The lowest BCUT2D eigenvalue weighted by atomic mass is 9.86. The van der Waals surface area contributed by atoms with E-state index in [0.717, 1.165) is 71.3 Å². The summed E-state index contributed by atoms with van der Waals surface area (Å²) in [7, 11) is 0. The first-order valence-electron chi connectivity index (χ1n) is 14.1. The van der Waals surface area contributed by atoms with Crippen LogP contribution in [-0.4, -0.2) is 15.6 Å². The van der Waals surface area contributed by atoms with E-state index < -0.39 is 5.95 Å². The van der Waals surface area contributed by atoms with Crippen molar-refractivity contribution in [3.05, 3.63) is 105 Å². The predicted molar refractivity (Wildman–Crippen MR) is 157 cm³/mol. The van der Waals surface area contributed by atoms with Crippen LogP contribution in [0.1, 0.15) is 65.6 Å². The monoisotopic (exact) mass is 557 g/mol. The molecule has 0 saturated heterocycles. The maximum Gasteiger partial charge on any atom is 0.326 e. The zero-order valence-electron chi connectivity index (χ0n) is 22.5. The molecule has 0 bridgehead atoms. The fourth-order valence-corrected chi connectivity index (χ4v) is 6.25. The number of fused-ring (bicyclic) bond motifs is 4. The molecular formula is C33H33ClFN3O2. The molecule has 206 valence electrons. The number of hydrogen-bond acceptors (Lipinski definition) is 3. The normalized spacial score (nSPS) is 17.0. The number of allylic oxidation sites excluding steroid dienone is 1. The van der Waals surface area contributed by atoms with Crippen molar-refractivity contribution in [1.82, 2.24) is 14.9 Å². The van der Waals surface area contributed by atoms with Crippen molar-refractivity contribution in [3.63, 3.8) is 0 Å². The van der Waals surface area contributed by atoms with Gasteiger partial charge in [-0.25, -0.2) is 9.78 Å². The molecule has 1 aliphatic carbocycles. The molecule has 2 aliphatic rings. The topological polar surface area (TPSA) is 56.2 Å². The summed E-state index contributed by atoms with van der Waals surface area (Å²) in [5, 5.41) is 4.94. The van der Waals surface area contributed by atoms with Gasteiger partial charge in [0, 0.05) is 28.8 Å². The van der Waals surface area contributed by atoms with E-state index in [2.05, 4.69) is 34.6 Å². The molecule has 2 aromatic carbocycles. The van der Waals surface area contributed by atoms with E-state index in [4.69, 9.17) is 16.3 Å². The molecule has 7 heteroatoms. The lowest BCUT2D eigenvalue weighted by Crippen LogP contribution is -2.30. The van der Waals surface area contributed by atoms with Gasteiger partial charge < -0.3 is 10.1 Å². The summed E-state index contributed by atoms with van der Waals surface area (Å²) in [4.78, 5) is 17.3. The van der Waals surface area contributed by atoms with E-state index in [0.29, 0.717) is 24.7 Å². The first-order chi connectivity index (χ1) is 19.5. The van der Waals surface area contributed by atoms with Crippen LogP contribution in [0.3, 0.4) is 0 Å². The zero-order chi connectivity index (χ0) is 27.5. The molecule has 4 aromatic rings. The quantitative estimate of drug-likeness (QED) is 0.244. The molecule has 0 saturated carbocycles. The van der Waals surface area contributed by atoms with E-state index in [1.165, 1.54) is 29.8 Å². The number of amides is 1. The van der Waals surface area contributed by atoms with Crippen LogP contribution in [0.5, 0.6) is 0 Å². The minimum atomic E-state index is -0.548. The van der Waals surface area contributed by atoms with Crippen LogP contribution in [0.25, 0.3) is 17.0 Å². The minimum absolute atomic E-state index is 0.176. The third-order valence-corrected chi connectivity index (χ3v) is 8.46. The summed E-state index contributed by atoms with van der Waals surface area (Å²) in [6, 6.07) is 15.2. The van der Waals surface area contributed by atoms with Crippen LogP contribution < -0.4 is 5.32 Å². The van der Waals surface area contributed by atoms with Gasteiger partial charge in [0.05, 0.1) is 18.7 Å². The number of nitrogens with zero attached hydrogens (tertiary/aromatic N) is 2. The molecule has 40 heavy (non-hydrogen) atoms. The fraction of sp³-hybridized carbons (Fsp3) is 0.333. The first-order valence-corrected chi connectivity index (χ1v) is 14.5. The number of carbonyl (C=O) groups is 1. The third kappa shape index (κ3) is 5.84. The molecule has 5 nitrogen and oxygen atoms in total. The van der Waals surface area contributed by atoms with Gasteiger partial charge in [-0.2, -0.15) is 4.39 Å². The van der Waals surface area contributed by atoms with Gasteiger partial charge in [-0.1, -0.05) is 42.3 Å². The Balaban J connectivity index is 1.22. The Bertz CT molecular complexity index is 1560. The number of aryl methyl sites for hydroxylation is 1. The molecule has 1 aliphatic heterocycles. The molecule has 3 heterocycles. The van der Waals surface area contributed by atoms with E-state index >= 15 is 0 Å². The molecule has 6 rings (SSSR count). The number of halogens is 2. The van der Waals surface area contributed by atoms with Gasteiger partial charge in [-0.3, -0.25) is 4.57 Å². The molecule has 1 unspecified atom stereocenters. The van der Waals surface area contributed by atoms with Crippen LogP contribution in [0, 0.1) is 11.9 Å². The summed E-state index contributed by atoms with van der Waals surface area (Å²) >= 11 is 6.00. The van der Waals surface area contributed by atoms with Crippen molar-refractivity contribution in [1.29, 1.82) is 0 Å². The van der Waals surface area contributed by atoms with Crippen molar-refractivity contribution in [2.45, 2.75) is 64.7 Å². The van der Waals surface area contributed by atoms with Crippen LogP contribution in [0.15, 0.2) is 60.8 Å². The van der Waals surface area contributed by atoms with Gasteiger partial charge in [-0.05, 0) is 109 Å². The van der Waals surface area contributed by atoms with Gasteiger partial charge >= 0.3 is 6.03 Å². The number of ether oxygens (including phenoxy) is 1. The highest BCUT2D eigenvalue weighted by atomic mass is 35.5. The second kappa shape index (κ2) is 11.9. The van der Waals surface area contributed by atoms with Gasteiger partial charge in [0.15, 0.2) is 0 Å². The SMILES string of the molecule is O=C(NCc1ccnc(F)c1)n1c2c(c3cc4c(cc31)COC4)CCCC(CC/C=C/c1ccc(Cl)cc1)CC2. The second-order valence-corrected chi connectivity index (χ2v) is 11.3. The van der Waals surface area contributed by atoms with Crippen molar-refractivity contribution < 1.29 is 13.9 Å². The summed E-state index contributed by atoms with van der Waals surface area (Å²) in [5.74, 6) is 0.0589. The lowest BCUT2D eigenvalue weighted by molar-refractivity contribution is 0.134. The summed E-state index contributed by atoms with van der Waals surface area (Å²) in [6.07, 6.45) is 13.1. The van der Waals surface area contributed by atoms with E-state index in [-0.39, 0.29) is 12.6 Å². The van der Waals surface area contributed by atoms with Crippen LogP contribution in [-0.2, 0) is 37.3 Å². The number of hydrogen-bond donors (Lipinski definition) is 1. The fourth-order valence-electron chi connectivity index (χ4n) is 6.13. The average Bonchev–Trinajstić information content (AvgIpc) is 3.52. The number of carbonyl (C=O) groups excluding carboxylic acids is 1. The van der Waals surface area contributed by atoms with E-state index in [9.17, 15) is 9.18 Å². The van der Waals surface area contributed by atoms with Crippen molar-refractivity contribution in [2.75, 3.05) is 0 Å². The highest BCUT2D eigenvalue weighted by Gasteiger charge is 2.26. The number of nitrogens with one attached hydrogen (secondary N) is 1. The molecule has 0 fully saturated rings. The Morgan fingerprint density at radius 3 is 2.75 bits per heavy atom. The molecule has 1 N–H and O–H groups in total. The highest BCUT2D eigenvalue weighted by Crippen LogP contribution is 2.36. The Morgan fingerprint density at radius 2 is 1.93 bits per heavy atom. The maximum absolute atomic E-state index is 13.7. The van der Waals surface area contributed by atoms with Gasteiger partial charge in [0.25, 0.3) is 0 Å².